The first-order valence-electron chi connectivity index (χ1n) is 7.08. The average molecular weight is 262 g/mol. The molecule has 2 aliphatic heterocycles. The maximum absolute atomic E-state index is 3.42. The Kier molecular flexibility index (Phi) is 3.92. The second-order valence-corrected chi connectivity index (χ2v) is 6.38. The average Bonchev–Trinajstić information content (AvgIpc) is 2.35. The van der Waals surface area contributed by atoms with Crippen molar-refractivity contribution in [2.45, 2.75) is 36.7 Å². The molecule has 1 unspecified atom stereocenters. The normalized spacial score (nSPS) is 23.8. The zero-order valence-electron chi connectivity index (χ0n) is 11.1. The van der Waals surface area contributed by atoms with Gasteiger partial charge in [-0.25, -0.2) is 0 Å². The minimum Gasteiger partial charge on any atom is -0.314 e. The van der Waals surface area contributed by atoms with E-state index in [0.29, 0.717) is 6.04 Å². The molecule has 2 heterocycles. The van der Waals surface area contributed by atoms with Gasteiger partial charge in [-0.05, 0) is 36.8 Å². The Hall–Kier alpha value is -0.510. The van der Waals surface area contributed by atoms with E-state index in [1.807, 2.05) is 11.8 Å². The highest BCUT2D eigenvalue weighted by Gasteiger charge is 2.32. The summed E-state index contributed by atoms with van der Waals surface area (Å²) < 4.78 is 0. The molecule has 98 valence electrons. The fourth-order valence-electron chi connectivity index (χ4n) is 3.03. The van der Waals surface area contributed by atoms with Crippen molar-refractivity contribution in [3.05, 3.63) is 29.8 Å². The van der Waals surface area contributed by atoms with Gasteiger partial charge in [0.15, 0.2) is 0 Å². The van der Waals surface area contributed by atoms with Crippen LogP contribution in [0.15, 0.2) is 29.2 Å². The Morgan fingerprint density at radius 1 is 1.33 bits per heavy atom. The molecule has 1 saturated heterocycles. The van der Waals surface area contributed by atoms with Gasteiger partial charge in [-0.15, -0.1) is 11.8 Å². The van der Waals surface area contributed by atoms with Crippen LogP contribution in [-0.2, 0) is 0 Å². The quantitative estimate of drug-likeness (QED) is 0.898. The number of rotatable bonds is 4. The van der Waals surface area contributed by atoms with E-state index < -0.39 is 0 Å². The summed E-state index contributed by atoms with van der Waals surface area (Å²) in [5.41, 5.74) is 1.56. The molecule has 1 fully saturated rings. The van der Waals surface area contributed by atoms with E-state index in [9.17, 15) is 0 Å². The van der Waals surface area contributed by atoms with Crippen LogP contribution in [0.3, 0.4) is 0 Å². The number of thioether (sulfide) groups is 1. The molecule has 0 aromatic heterocycles. The lowest BCUT2D eigenvalue weighted by molar-refractivity contribution is 0.0900. The maximum Gasteiger partial charge on any atom is 0.0371 e. The van der Waals surface area contributed by atoms with Crippen LogP contribution in [0, 0.1) is 0 Å². The van der Waals surface area contributed by atoms with Crippen molar-refractivity contribution in [2.24, 2.45) is 0 Å². The number of fused-ring (bicyclic) bond motifs is 1. The summed E-state index contributed by atoms with van der Waals surface area (Å²) in [6, 6.07) is 10.4. The van der Waals surface area contributed by atoms with Gasteiger partial charge in [0.25, 0.3) is 0 Å². The van der Waals surface area contributed by atoms with E-state index >= 15 is 0 Å². The third kappa shape index (κ3) is 2.31. The molecule has 18 heavy (non-hydrogen) atoms. The van der Waals surface area contributed by atoms with Crippen molar-refractivity contribution in [2.75, 3.05) is 25.4 Å². The zero-order valence-corrected chi connectivity index (χ0v) is 11.9. The van der Waals surface area contributed by atoms with Crippen LogP contribution in [0.25, 0.3) is 0 Å². The maximum atomic E-state index is 3.42. The SMILES string of the molecule is CCCN(C1CNC1)C1CCSc2ccccc21. The molecule has 0 radical (unpaired) electrons. The second kappa shape index (κ2) is 5.64. The van der Waals surface area contributed by atoms with Gasteiger partial charge in [-0.1, -0.05) is 25.1 Å². The minimum atomic E-state index is 0.648. The Morgan fingerprint density at radius 2 is 2.17 bits per heavy atom. The fourth-order valence-corrected chi connectivity index (χ4v) is 4.13. The number of benzene rings is 1. The van der Waals surface area contributed by atoms with Crippen molar-refractivity contribution < 1.29 is 0 Å². The number of hydrogen-bond donors (Lipinski definition) is 1. The van der Waals surface area contributed by atoms with Crippen molar-refractivity contribution in [1.82, 2.24) is 10.2 Å². The van der Waals surface area contributed by atoms with Crippen LogP contribution < -0.4 is 5.32 Å². The van der Waals surface area contributed by atoms with Gasteiger partial charge in [0.2, 0.25) is 0 Å². The number of nitrogens with zero attached hydrogens (tertiary/aromatic N) is 1. The lowest BCUT2D eigenvalue weighted by Gasteiger charge is -2.44. The van der Waals surface area contributed by atoms with Crippen LogP contribution in [0.2, 0.25) is 0 Å². The Bertz CT molecular complexity index is 403. The number of hydrogen-bond acceptors (Lipinski definition) is 3. The minimum absolute atomic E-state index is 0.648. The van der Waals surface area contributed by atoms with E-state index in [4.69, 9.17) is 0 Å². The number of nitrogens with one attached hydrogen (secondary N) is 1. The Balaban J connectivity index is 1.85. The lowest BCUT2D eigenvalue weighted by atomic mass is 9.98. The van der Waals surface area contributed by atoms with Crippen molar-refractivity contribution in [1.29, 1.82) is 0 Å². The summed E-state index contributed by atoms with van der Waals surface area (Å²) in [4.78, 5) is 4.25. The molecule has 1 aromatic carbocycles. The summed E-state index contributed by atoms with van der Waals surface area (Å²) >= 11 is 2.02. The summed E-state index contributed by atoms with van der Waals surface area (Å²) in [6.45, 7) is 5.87. The predicted molar refractivity (Wildman–Crippen MR) is 78.2 cm³/mol. The van der Waals surface area contributed by atoms with Gasteiger partial charge in [0.1, 0.15) is 0 Å². The van der Waals surface area contributed by atoms with Crippen LogP contribution in [-0.4, -0.2) is 36.3 Å². The fraction of sp³-hybridized carbons (Fsp3) is 0.600. The highest BCUT2D eigenvalue weighted by atomic mass is 32.2. The molecular formula is C15H22N2S. The van der Waals surface area contributed by atoms with E-state index in [0.717, 1.165) is 6.04 Å². The molecule has 2 aliphatic rings. The highest BCUT2D eigenvalue weighted by Crippen LogP contribution is 2.40. The molecule has 0 spiro atoms. The predicted octanol–water partition coefficient (Wildman–Crippen LogP) is 2.91. The molecule has 0 amide bonds. The smallest absolute Gasteiger partial charge is 0.0371 e. The molecule has 1 aromatic rings. The molecule has 1 N–H and O–H groups in total. The van der Waals surface area contributed by atoms with Crippen LogP contribution in [0.5, 0.6) is 0 Å². The largest absolute Gasteiger partial charge is 0.314 e. The standard InChI is InChI=1S/C15H22N2S/c1-2-8-17(12-10-16-11-12)14-7-9-18-15-6-4-3-5-13(14)15/h3-6,12,14,16H,2,7-11H2,1H3. The lowest BCUT2D eigenvalue weighted by Crippen LogP contribution is -2.58. The van der Waals surface area contributed by atoms with Gasteiger partial charge in [-0.3, -0.25) is 4.90 Å². The molecule has 1 atom stereocenters. The van der Waals surface area contributed by atoms with Gasteiger partial charge < -0.3 is 5.32 Å². The van der Waals surface area contributed by atoms with E-state index in [2.05, 4.69) is 41.4 Å². The second-order valence-electron chi connectivity index (χ2n) is 5.24. The molecule has 0 aliphatic carbocycles. The van der Waals surface area contributed by atoms with Gasteiger partial charge in [0, 0.05) is 30.1 Å². The monoisotopic (exact) mass is 262 g/mol. The van der Waals surface area contributed by atoms with Crippen LogP contribution >= 0.6 is 11.8 Å². The molecule has 0 bridgehead atoms. The summed E-state index contributed by atoms with van der Waals surface area (Å²) in [5, 5.41) is 3.42. The Morgan fingerprint density at radius 3 is 2.89 bits per heavy atom. The van der Waals surface area contributed by atoms with Crippen molar-refractivity contribution >= 4 is 11.8 Å². The van der Waals surface area contributed by atoms with Gasteiger partial charge >= 0.3 is 0 Å². The van der Waals surface area contributed by atoms with Crippen LogP contribution in [0.4, 0.5) is 0 Å². The first kappa shape index (κ1) is 12.5. The molecular weight excluding hydrogens is 240 g/mol. The molecule has 2 nitrogen and oxygen atoms in total. The summed E-state index contributed by atoms with van der Waals surface area (Å²) in [6.07, 6.45) is 2.56. The zero-order chi connectivity index (χ0) is 12.4. The summed E-state index contributed by atoms with van der Waals surface area (Å²) in [5.74, 6) is 1.27. The van der Waals surface area contributed by atoms with Crippen LogP contribution in [0.1, 0.15) is 31.4 Å². The summed E-state index contributed by atoms with van der Waals surface area (Å²) in [7, 11) is 0. The molecule has 0 saturated carbocycles. The third-order valence-corrected chi connectivity index (χ3v) is 5.16. The molecule has 3 rings (SSSR count). The van der Waals surface area contributed by atoms with Gasteiger partial charge in [-0.2, -0.15) is 0 Å². The van der Waals surface area contributed by atoms with E-state index in [1.165, 1.54) is 43.1 Å². The topological polar surface area (TPSA) is 15.3 Å². The first-order valence-corrected chi connectivity index (χ1v) is 8.07. The first-order chi connectivity index (χ1) is 8.90. The Labute approximate surface area is 114 Å². The van der Waals surface area contributed by atoms with Gasteiger partial charge in [0.05, 0.1) is 0 Å². The van der Waals surface area contributed by atoms with E-state index in [-0.39, 0.29) is 0 Å². The van der Waals surface area contributed by atoms with Crippen molar-refractivity contribution in [3.8, 4) is 0 Å². The third-order valence-electron chi connectivity index (χ3n) is 4.04. The molecule has 3 heteroatoms. The highest BCUT2D eigenvalue weighted by molar-refractivity contribution is 7.99. The van der Waals surface area contributed by atoms with Crippen molar-refractivity contribution in [3.63, 3.8) is 0 Å². The van der Waals surface area contributed by atoms with E-state index in [1.54, 1.807) is 5.56 Å².